The fraction of sp³-hybridized carbons (Fsp3) is 0.786. The molecule has 5 rings (SSSR count). The zero-order chi connectivity index (χ0) is 27.3. The highest BCUT2D eigenvalue weighted by atomic mass is 16.7. The molecule has 0 bridgehead atoms. The second-order valence-corrected chi connectivity index (χ2v) is 12.7. The van der Waals surface area contributed by atoms with Gasteiger partial charge in [-0.25, -0.2) is 0 Å². The number of nitro groups is 1. The van der Waals surface area contributed by atoms with Crippen molar-refractivity contribution < 1.29 is 19.5 Å². The van der Waals surface area contributed by atoms with Gasteiger partial charge in [-0.3, -0.25) is 10.1 Å². The average Bonchev–Trinajstić information content (AvgIpc) is 3.18. The van der Waals surface area contributed by atoms with Gasteiger partial charge in [-0.15, -0.1) is 0 Å². The molecule has 0 aliphatic heterocycles. The molecule has 4 aliphatic carbocycles. The number of nitrogens with zero attached hydrogens (tertiary/aromatic N) is 4. The number of nitrogens with one attached hydrogen (secondary N) is 1. The van der Waals surface area contributed by atoms with Gasteiger partial charge in [0.2, 0.25) is 0 Å². The number of hydrogen-bond acceptors (Lipinski definition) is 7. The van der Waals surface area contributed by atoms with Crippen molar-refractivity contribution in [1.82, 2.24) is 0 Å². The first-order valence-corrected chi connectivity index (χ1v) is 13.9. The van der Waals surface area contributed by atoms with E-state index in [0.717, 1.165) is 38.5 Å². The van der Waals surface area contributed by atoms with E-state index in [1.54, 1.807) is 26.4 Å². The average molecular weight is 528 g/mol. The number of benzene rings is 1. The molecule has 4 aliphatic rings. The lowest BCUT2D eigenvalue weighted by Gasteiger charge is -2.62. The van der Waals surface area contributed by atoms with Gasteiger partial charge in [-0.1, -0.05) is 25.0 Å². The zero-order valence-electron chi connectivity index (χ0n) is 23.0. The van der Waals surface area contributed by atoms with Crippen LogP contribution >= 0.6 is 0 Å². The van der Waals surface area contributed by atoms with Crippen LogP contribution in [0.1, 0.15) is 71.6 Å². The standard InChI is InChI=1S/C28H41N5O5/c1-25-13-14-28(37-3,38-4)16-18(25)5-7-20-21(25)9-11-26(2)22(20)10-12-27(26,34)17-30-23-8-6-19(31-32-29)15-24(23)33(35)36/h6,8,15,18,20-22,30,34H,5,7,9-14,16-17H2,1-4H3/t18-,20+,21-,22-,25-,26-,27+/m0/s1. The Labute approximate surface area is 224 Å². The van der Waals surface area contributed by atoms with Crippen molar-refractivity contribution in [3.8, 4) is 0 Å². The molecule has 0 heterocycles. The Bertz CT molecular complexity index is 1140. The number of anilines is 1. The Morgan fingerprint density at radius 3 is 2.55 bits per heavy atom. The number of nitro benzene ring substituents is 1. The third-order valence-corrected chi connectivity index (χ3v) is 11.6. The van der Waals surface area contributed by atoms with Gasteiger partial charge >= 0.3 is 0 Å². The van der Waals surface area contributed by atoms with Crippen LogP contribution in [-0.2, 0) is 9.47 Å². The normalized spacial score (nSPS) is 39.3. The maximum atomic E-state index is 12.1. The molecule has 0 unspecified atom stereocenters. The minimum absolute atomic E-state index is 0.159. The Morgan fingerprint density at radius 2 is 1.87 bits per heavy atom. The maximum Gasteiger partial charge on any atom is 0.292 e. The van der Waals surface area contributed by atoms with Gasteiger partial charge < -0.3 is 19.9 Å². The van der Waals surface area contributed by atoms with Crippen LogP contribution in [0.5, 0.6) is 0 Å². The summed E-state index contributed by atoms with van der Waals surface area (Å²) in [5.41, 5.74) is 8.10. The summed E-state index contributed by atoms with van der Waals surface area (Å²) in [5.74, 6) is 1.78. The molecule has 4 saturated carbocycles. The number of methoxy groups -OCH3 is 2. The van der Waals surface area contributed by atoms with Crippen molar-refractivity contribution in [2.24, 2.45) is 39.6 Å². The van der Waals surface area contributed by atoms with E-state index >= 15 is 0 Å². The summed E-state index contributed by atoms with van der Waals surface area (Å²) in [5, 5.41) is 30.4. The van der Waals surface area contributed by atoms with Gasteiger partial charge in [-0.2, -0.15) is 0 Å². The van der Waals surface area contributed by atoms with E-state index in [1.165, 1.54) is 18.9 Å². The summed E-state index contributed by atoms with van der Waals surface area (Å²) in [6.45, 7) is 5.00. The summed E-state index contributed by atoms with van der Waals surface area (Å²) in [7, 11) is 3.53. The van der Waals surface area contributed by atoms with E-state index < -0.39 is 16.3 Å². The van der Waals surface area contributed by atoms with Gasteiger partial charge in [-0.05, 0) is 85.6 Å². The summed E-state index contributed by atoms with van der Waals surface area (Å²) in [6, 6.07) is 4.37. The summed E-state index contributed by atoms with van der Waals surface area (Å²) in [4.78, 5) is 13.9. The van der Waals surface area contributed by atoms with Crippen LogP contribution in [0.25, 0.3) is 10.4 Å². The molecule has 0 spiro atoms. The van der Waals surface area contributed by atoms with Gasteiger partial charge in [0.25, 0.3) is 5.69 Å². The monoisotopic (exact) mass is 527 g/mol. The predicted octanol–water partition coefficient (Wildman–Crippen LogP) is 6.71. The van der Waals surface area contributed by atoms with E-state index in [2.05, 4.69) is 29.2 Å². The SMILES string of the molecule is COC1(OC)CC[C@@]2(C)[C@@H](CC[C@@H]3[C@@H]2CC[C@@]2(C)[C@H]3CC[C@@]2(O)CNc2ccc(N=[N+]=[N-])cc2[N+](=O)[O-])C1. The molecule has 1 aromatic rings. The zero-order valence-corrected chi connectivity index (χ0v) is 23.0. The van der Waals surface area contributed by atoms with E-state index in [4.69, 9.17) is 15.0 Å². The molecular formula is C28H41N5O5. The van der Waals surface area contributed by atoms with E-state index in [-0.39, 0.29) is 28.7 Å². The molecule has 2 N–H and O–H groups in total. The first-order chi connectivity index (χ1) is 18.0. The topological polar surface area (TPSA) is 143 Å². The van der Waals surface area contributed by atoms with Crippen LogP contribution in [0.4, 0.5) is 17.1 Å². The Balaban J connectivity index is 1.34. The predicted molar refractivity (Wildman–Crippen MR) is 144 cm³/mol. The van der Waals surface area contributed by atoms with Crippen LogP contribution in [0.15, 0.2) is 23.3 Å². The Hall–Kier alpha value is -2.39. The number of rotatable bonds is 7. The van der Waals surface area contributed by atoms with Crippen LogP contribution in [0, 0.1) is 44.6 Å². The smallest absolute Gasteiger partial charge is 0.292 e. The highest BCUT2D eigenvalue weighted by molar-refractivity contribution is 5.66. The highest BCUT2D eigenvalue weighted by Crippen LogP contribution is 2.69. The van der Waals surface area contributed by atoms with Gasteiger partial charge in [0, 0.05) is 55.7 Å². The van der Waals surface area contributed by atoms with Crippen molar-refractivity contribution in [2.75, 3.05) is 26.1 Å². The van der Waals surface area contributed by atoms with E-state index in [0.29, 0.717) is 35.8 Å². The number of fused-ring (bicyclic) bond motifs is 5. The summed E-state index contributed by atoms with van der Waals surface area (Å²) >= 11 is 0. The third kappa shape index (κ3) is 4.08. The molecular weight excluding hydrogens is 486 g/mol. The van der Waals surface area contributed by atoms with Gasteiger partial charge in [0.05, 0.1) is 10.5 Å². The lowest BCUT2D eigenvalue weighted by Crippen LogP contribution is -2.59. The van der Waals surface area contributed by atoms with Crippen molar-refractivity contribution in [1.29, 1.82) is 0 Å². The minimum atomic E-state index is -0.953. The second-order valence-electron chi connectivity index (χ2n) is 12.7. The second kappa shape index (κ2) is 9.66. The molecule has 10 nitrogen and oxygen atoms in total. The van der Waals surface area contributed by atoms with E-state index in [1.807, 2.05) is 0 Å². The lowest BCUT2D eigenvalue weighted by molar-refractivity contribution is -0.383. The first-order valence-electron chi connectivity index (χ1n) is 13.9. The van der Waals surface area contributed by atoms with Crippen LogP contribution < -0.4 is 5.32 Å². The van der Waals surface area contributed by atoms with Crippen LogP contribution in [0.3, 0.4) is 0 Å². The van der Waals surface area contributed by atoms with Gasteiger partial charge in [0.1, 0.15) is 5.69 Å². The number of hydrogen-bond donors (Lipinski definition) is 2. The third-order valence-electron chi connectivity index (χ3n) is 11.6. The van der Waals surface area contributed by atoms with E-state index in [9.17, 15) is 15.2 Å². The van der Waals surface area contributed by atoms with Crippen LogP contribution in [0.2, 0.25) is 0 Å². The largest absolute Gasteiger partial charge is 0.387 e. The summed E-state index contributed by atoms with van der Waals surface area (Å²) in [6.07, 6.45) is 9.03. The minimum Gasteiger partial charge on any atom is -0.387 e. The fourth-order valence-corrected chi connectivity index (χ4v) is 9.23. The fourth-order valence-electron chi connectivity index (χ4n) is 9.23. The molecule has 0 saturated heterocycles. The Morgan fingerprint density at radius 1 is 1.13 bits per heavy atom. The number of ether oxygens (including phenoxy) is 2. The summed E-state index contributed by atoms with van der Waals surface area (Å²) < 4.78 is 11.7. The van der Waals surface area contributed by atoms with Crippen molar-refractivity contribution in [3.05, 3.63) is 38.8 Å². The number of aliphatic hydroxyl groups is 1. The maximum absolute atomic E-state index is 12.1. The molecule has 38 heavy (non-hydrogen) atoms. The van der Waals surface area contributed by atoms with Crippen molar-refractivity contribution in [3.63, 3.8) is 0 Å². The molecule has 10 heteroatoms. The molecule has 0 amide bonds. The molecule has 4 fully saturated rings. The molecule has 7 atom stereocenters. The highest BCUT2D eigenvalue weighted by Gasteiger charge is 2.65. The first kappa shape index (κ1) is 27.2. The molecule has 0 aromatic heterocycles. The Kier molecular flexibility index (Phi) is 6.91. The quantitative estimate of drug-likeness (QED) is 0.101. The van der Waals surface area contributed by atoms with Crippen molar-refractivity contribution >= 4 is 17.1 Å². The number of azide groups is 1. The molecule has 1 aromatic carbocycles. The molecule has 0 radical (unpaired) electrons. The van der Waals surface area contributed by atoms with Crippen molar-refractivity contribution in [2.45, 2.75) is 83.0 Å². The van der Waals surface area contributed by atoms with Gasteiger partial charge in [0.15, 0.2) is 5.79 Å². The molecule has 208 valence electrons. The lowest BCUT2D eigenvalue weighted by atomic mass is 9.44. The van der Waals surface area contributed by atoms with Crippen LogP contribution in [-0.4, -0.2) is 42.2 Å².